The molecule has 0 unspecified atom stereocenters. The number of rotatable bonds is 6. The Morgan fingerprint density at radius 1 is 1.32 bits per heavy atom. The lowest BCUT2D eigenvalue weighted by Crippen LogP contribution is -2.51. The van der Waals surface area contributed by atoms with Crippen LogP contribution in [0.5, 0.6) is 5.75 Å². The number of benzene rings is 1. The van der Waals surface area contributed by atoms with Gasteiger partial charge in [-0.1, -0.05) is 0 Å². The molecule has 2 aromatic rings. The van der Waals surface area contributed by atoms with Crippen LogP contribution in [-0.4, -0.2) is 44.9 Å². The van der Waals surface area contributed by atoms with Crippen LogP contribution in [0.3, 0.4) is 0 Å². The molecule has 1 fully saturated rings. The molecule has 3 rings (SSSR count). The lowest BCUT2D eigenvalue weighted by atomic mass is 9.93. The van der Waals surface area contributed by atoms with Crippen LogP contribution in [-0.2, 0) is 6.54 Å². The molecular weight excluding hydrogens is 321 g/mol. The zero-order valence-corrected chi connectivity index (χ0v) is 14.9. The Hall–Kier alpha value is -1.92. The maximum absolute atomic E-state index is 13.0. The van der Waals surface area contributed by atoms with Crippen molar-refractivity contribution in [2.75, 3.05) is 19.7 Å². The van der Waals surface area contributed by atoms with Gasteiger partial charge in [0.25, 0.3) is 0 Å². The number of hydrogen-bond donors (Lipinski definition) is 1. The fourth-order valence-electron chi connectivity index (χ4n) is 3.34. The van der Waals surface area contributed by atoms with Crippen molar-refractivity contribution in [2.45, 2.75) is 44.9 Å². The molecule has 0 spiro atoms. The third-order valence-electron chi connectivity index (χ3n) is 4.63. The summed E-state index contributed by atoms with van der Waals surface area (Å²) in [6.45, 7) is 6.66. The second kappa shape index (κ2) is 7.54. The highest BCUT2D eigenvalue weighted by atomic mass is 19.1. The molecule has 1 N–H and O–H groups in total. The third kappa shape index (κ3) is 4.58. The molecule has 6 heteroatoms. The second-order valence-electron chi connectivity index (χ2n) is 7.13. The van der Waals surface area contributed by atoms with Gasteiger partial charge < -0.3 is 14.4 Å². The van der Waals surface area contributed by atoms with Crippen LogP contribution in [0, 0.1) is 5.82 Å². The lowest BCUT2D eigenvalue weighted by Gasteiger charge is -2.38. The second-order valence-corrected chi connectivity index (χ2v) is 7.13. The van der Waals surface area contributed by atoms with Crippen molar-refractivity contribution < 1.29 is 14.2 Å². The first kappa shape index (κ1) is 17.9. The van der Waals surface area contributed by atoms with Crippen molar-refractivity contribution >= 4 is 0 Å². The highest BCUT2D eigenvalue weighted by Crippen LogP contribution is 2.24. The Kier molecular flexibility index (Phi) is 5.39. The number of ether oxygens (including phenoxy) is 1. The molecule has 0 bridgehead atoms. The molecule has 1 saturated heterocycles. The number of likely N-dealkylation sites (tertiary alicyclic amines) is 1. The standard InChI is InChI=1S/C19H26FN3O2/c1-15(2)23-11-9-21-18(23)12-22-10-3-8-19(24,13-22)14-25-17-6-4-16(20)5-7-17/h4-7,9,11,15,24H,3,8,10,12-14H2,1-2H3/t19-/m0/s1. The van der Waals surface area contributed by atoms with Crippen LogP contribution in [0.25, 0.3) is 0 Å². The van der Waals surface area contributed by atoms with Gasteiger partial charge in [-0.25, -0.2) is 9.37 Å². The third-order valence-corrected chi connectivity index (χ3v) is 4.63. The summed E-state index contributed by atoms with van der Waals surface area (Å²) in [6.07, 6.45) is 5.42. The van der Waals surface area contributed by atoms with Gasteiger partial charge in [0, 0.05) is 25.0 Å². The fourth-order valence-corrected chi connectivity index (χ4v) is 3.34. The predicted molar refractivity (Wildman–Crippen MR) is 94.0 cm³/mol. The van der Waals surface area contributed by atoms with E-state index in [2.05, 4.69) is 28.3 Å². The zero-order chi connectivity index (χ0) is 17.9. The Morgan fingerprint density at radius 2 is 2.08 bits per heavy atom. The van der Waals surface area contributed by atoms with Crippen molar-refractivity contribution in [1.29, 1.82) is 0 Å². The number of aliphatic hydroxyl groups is 1. The van der Waals surface area contributed by atoms with Gasteiger partial charge in [-0.2, -0.15) is 0 Å². The lowest BCUT2D eigenvalue weighted by molar-refractivity contribution is -0.0628. The largest absolute Gasteiger partial charge is 0.491 e. The average molecular weight is 347 g/mol. The summed E-state index contributed by atoms with van der Waals surface area (Å²) in [6, 6.07) is 6.25. The van der Waals surface area contributed by atoms with E-state index in [1.54, 1.807) is 12.1 Å². The summed E-state index contributed by atoms with van der Waals surface area (Å²) in [5.41, 5.74) is -0.901. The maximum Gasteiger partial charge on any atom is 0.123 e. The van der Waals surface area contributed by atoms with Crippen LogP contribution in [0.2, 0.25) is 0 Å². The van der Waals surface area contributed by atoms with Crippen LogP contribution < -0.4 is 4.74 Å². The molecular formula is C19H26FN3O2. The van der Waals surface area contributed by atoms with E-state index in [0.29, 0.717) is 31.3 Å². The topological polar surface area (TPSA) is 50.5 Å². The summed E-state index contributed by atoms with van der Waals surface area (Å²) in [4.78, 5) is 6.67. The molecule has 1 atom stereocenters. The van der Waals surface area contributed by atoms with Crippen molar-refractivity contribution in [2.24, 2.45) is 0 Å². The molecule has 1 aliphatic heterocycles. The first-order valence-electron chi connectivity index (χ1n) is 8.80. The van der Waals surface area contributed by atoms with E-state index in [1.807, 2.05) is 12.4 Å². The molecule has 0 saturated carbocycles. The molecule has 5 nitrogen and oxygen atoms in total. The molecule has 1 aromatic heterocycles. The minimum atomic E-state index is -0.901. The summed E-state index contributed by atoms with van der Waals surface area (Å²) in [5.74, 6) is 1.29. The van der Waals surface area contributed by atoms with E-state index in [-0.39, 0.29) is 12.4 Å². The molecule has 1 aromatic carbocycles. The number of nitrogens with zero attached hydrogens (tertiary/aromatic N) is 3. The minimum absolute atomic E-state index is 0.202. The van der Waals surface area contributed by atoms with Crippen molar-refractivity contribution in [3.8, 4) is 5.75 Å². The van der Waals surface area contributed by atoms with Crippen molar-refractivity contribution in [3.63, 3.8) is 0 Å². The molecule has 25 heavy (non-hydrogen) atoms. The zero-order valence-electron chi connectivity index (χ0n) is 14.9. The van der Waals surface area contributed by atoms with E-state index in [0.717, 1.165) is 18.8 Å². The van der Waals surface area contributed by atoms with Gasteiger partial charge in [0.1, 0.15) is 29.6 Å². The van der Waals surface area contributed by atoms with Gasteiger partial charge >= 0.3 is 0 Å². The molecule has 0 amide bonds. The summed E-state index contributed by atoms with van der Waals surface area (Å²) in [5, 5.41) is 10.9. The summed E-state index contributed by atoms with van der Waals surface area (Å²) < 4.78 is 20.8. The van der Waals surface area contributed by atoms with Gasteiger partial charge in [0.15, 0.2) is 0 Å². The van der Waals surface area contributed by atoms with Crippen LogP contribution in [0.15, 0.2) is 36.7 Å². The first-order valence-corrected chi connectivity index (χ1v) is 8.80. The quantitative estimate of drug-likeness (QED) is 0.873. The van der Waals surface area contributed by atoms with Gasteiger partial charge in [-0.05, 0) is 57.5 Å². The average Bonchev–Trinajstić information content (AvgIpc) is 3.03. The van der Waals surface area contributed by atoms with Crippen LogP contribution in [0.1, 0.15) is 38.6 Å². The Morgan fingerprint density at radius 3 is 2.80 bits per heavy atom. The molecule has 0 radical (unpaired) electrons. The highest BCUT2D eigenvalue weighted by Gasteiger charge is 2.34. The monoisotopic (exact) mass is 347 g/mol. The van der Waals surface area contributed by atoms with E-state index < -0.39 is 5.60 Å². The molecule has 1 aliphatic rings. The minimum Gasteiger partial charge on any atom is -0.491 e. The van der Waals surface area contributed by atoms with Gasteiger partial charge in [0.2, 0.25) is 0 Å². The Balaban J connectivity index is 1.59. The predicted octanol–water partition coefficient (Wildman–Crippen LogP) is 3.01. The number of piperidine rings is 1. The number of hydrogen-bond acceptors (Lipinski definition) is 4. The Bertz CT molecular complexity index is 686. The van der Waals surface area contributed by atoms with Crippen molar-refractivity contribution in [3.05, 3.63) is 48.3 Å². The highest BCUT2D eigenvalue weighted by molar-refractivity contribution is 5.22. The van der Waals surface area contributed by atoms with E-state index in [9.17, 15) is 9.50 Å². The molecule has 136 valence electrons. The van der Waals surface area contributed by atoms with Crippen molar-refractivity contribution in [1.82, 2.24) is 14.5 Å². The number of aromatic nitrogens is 2. The van der Waals surface area contributed by atoms with E-state index >= 15 is 0 Å². The van der Waals surface area contributed by atoms with Gasteiger partial charge in [0.05, 0.1) is 6.54 Å². The Labute approximate surface area is 148 Å². The fraction of sp³-hybridized carbons (Fsp3) is 0.526. The molecule has 0 aliphatic carbocycles. The molecule has 2 heterocycles. The van der Waals surface area contributed by atoms with E-state index in [4.69, 9.17) is 4.74 Å². The number of β-amino-alcohol motifs (C(OH)–C–C–N with tert-alkyl or cyclic N) is 1. The number of halogens is 1. The maximum atomic E-state index is 13.0. The summed E-state index contributed by atoms with van der Waals surface area (Å²) >= 11 is 0. The van der Waals surface area contributed by atoms with Crippen LogP contribution >= 0.6 is 0 Å². The summed E-state index contributed by atoms with van der Waals surface area (Å²) in [7, 11) is 0. The van der Waals surface area contributed by atoms with Gasteiger partial charge in [-0.15, -0.1) is 0 Å². The smallest absolute Gasteiger partial charge is 0.123 e. The SMILES string of the molecule is CC(C)n1ccnc1CN1CCC[C@@](O)(COc2ccc(F)cc2)C1. The van der Waals surface area contributed by atoms with Crippen LogP contribution in [0.4, 0.5) is 4.39 Å². The number of imidazole rings is 1. The normalized spacial score (nSPS) is 21.6. The first-order chi connectivity index (χ1) is 12.0. The van der Waals surface area contributed by atoms with Gasteiger partial charge in [-0.3, -0.25) is 4.90 Å². The van der Waals surface area contributed by atoms with E-state index in [1.165, 1.54) is 12.1 Å².